The van der Waals surface area contributed by atoms with Crippen LogP contribution in [0, 0.1) is 0 Å². The summed E-state index contributed by atoms with van der Waals surface area (Å²) in [5.41, 5.74) is 7.08. The van der Waals surface area contributed by atoms with E-state index in [4.69, 9.17) is 0 Å². The van der Waals surface area contributed by atoms with Gasteiger partial charge >= 0.3 is 17.1 Å². The van der Waals surface area contributed by atoms with Gasteiger partial charge in [-0.15, -0.1) is 24.3 Å². The van der Waals surface area contributed by atoms with Crippen molar-refractivity contribution in [1.29, 1.82) is 0 Å². The fraction of sp³-hybridized carbons (Fsp3) is 0. The van der Waals surface area contributed by atoms with E-state index < -0.39 is 0 Å². The minimum absolute atomic E-state index is 0. The van der Waals surface area contributed by atoms with Crippen LogP contribution in [0.25, 0.3) is 45.3 Å². The summed E-state index contributed by atoms with van der Waals surface area (Å²) in [4.78, 5) is 0. The third-order valence-electron chi connectivity index (χ3n) is 4.48. The van der Waals surface area contributed by atoms with Crippen molar-refractivity contribution in [1.82, 2.24) is 51.2 Å². The zero-order valence-electron chi connectivity index (χ0n) is 16.0. The Morgan fingerprint density at radius 3 is 1.35 bits per heavy atom. The van der Waals surface area contributed by atoms with Gasteiger partial charge in [-0.05, 0) is 12.1 Å². The third kappa shape index (κ3) is 4.13. The van der Waals surface area contributed by atoms with Gasteiger partial charge in [-0.1, -0.05) is 11.1 Å². The van der Waals surface area contributed by atoms with E-state index in [1.807, 2.05) is 60.7 Å². The molecule has 4 heterocycles. The average molecular weight is 452 g/mol. The minimum Gasteiger partial charge on any atom is -0.285 e. The van der Waals surface area contributed by atoms with Gasteiger partial charge in [0.15, 0.2) is 0 Å². The number of nitrogens with one attached hydrogen (secondary N) is 4. The quantitative estimate of drug-likeness (QED) is 0.239. The van der Waals surface area contributed by atoms with Crippen molar-refractivity contribution >= 4 is 0 Å². The van der Waals surface area contributed by atoms with Gasteiger partial charge < -0.3 is 0 Å². The maximum Gasteiger partial charge on any atom is 2.00 e. The van der Waals surface area contributed by atoms with Crippen molar-refractivity contribution in [3.8, 4) is 45.3 Å². The molecule has 4 aromatic heterocycles. The molecule has 11 heteroatoms. The van der Waals surface area contributed by atoms with Gasteiger partial charge in [-0.25, -0.2) is 20.6 Å². The Kier molecular flexibility index (Phi) is 5.97. The van der Waals surface area contributed by atoms with Crippen LogP contribution in [0.5, 0.6) is 0 Å². The second kappa shape index (κ2) is 9.16. The number of hydrogen-bond donors (Lipinski definition) is 4. The predicted molar refractivity (Wildman–Crippen MR) is 110 cm³/mol. The third-order valence-corrected chi connectivity index (χ3v) is 4.48. The van der Waals surface area contributed by atoms with Crippen molar-refractivity contribution in [3.63, 3.8) is 0 Å². The molecule has 154 valence electrons. The van der Waals surface area contributed by atoms with E-state index in [0.717, 1.165) is 45.3 Å². The molecule has 0 bridgehead atoms. The van der Waals surface area contributed by atoms with E-state index in [1.54, 1.807) is 12.4 Å². The zero-order chi connectivity index (χ0) is 20.2. The first kappa shape index (κ1) is 20.2. The van der Waals surface area contributed by atoms with E-state index in [9.17, 15) is 0 Å². The Morgan fingerprint density at radius 1 is 0.581 bits per heavy atom. The van der Waals surface area contributed by atoms with Crippen LogP contribution in [-0.2, 0) is 17.1 Å². The van der Waals surface area contributed by atoms with E-state index in [0.29, 0.717) is 0 Å². The van der Waals surface area contributed by atoms with Gasteiger partial charge in [0, 0.05) is 35.2 Å². The predicted octanol–water partition coefficient (Wildman–Crippen LogP) is 3.16. The van der Waals surface area contributed by atoms with Gasteiger partial charge in [0.05, 0.1) is 11.4 Å². The molecule has 0 unspecified atom stereocenters. The van der Waals surface area contributed by atoms with Crippen LogP contribution >= 0.6 is 0 Å². The van der Waals surface area contributed by atoms with E-state index in [2.05, 4.69) is 51.2 Å². The number of rotatable bonds is 4. The number of nitrogens with zero attached hydrogens (tertiary/aromatic N) is 6. The Morgan fingerprint density at radius 2 is 1.00 bits per heavy atom. The molecule has 4 N–H and O–H groups in total. The van der Waals surface area contributed by atoms with Crippen LogP contribution in [0.3, 0.4) is 0 Å². The van der Waals surface area contributed by atoms with Gasteiger partial charge in [0.2, 0.25) is 0 Å². The van der Waals surface area contributed by atoms with Crippen LogP contribution in [-0.4, -0.2) is 51.2 Å². The molecule has 31 heavy (non-hydrogen) atoms. The molecule has 6 rings (SSSR count). The average Bonchev–Trinajstić information content (AvgIpc) is 3.64. The summed E-state index contributed by atoms with van der Waals surface area (Å²) >= 11 is 0. The number of H-pyrrole nitrogens is 4. The van der Waals surface area contributed by atoms with Gasteiger partial charge in [0.1, 0.15) is 0 Å². The summed E-state index contributed by atoms with van der Waals surface area (Å²) in [6.07, 6.45) is 3.39. The van der Waals surface area contributed by atoms with Crippen molar-refractivity contribution in [3.05, 3.63) is 73.1 Å². The topological polar surface area (TPSA) is 140 Å². The van der Waals surface area contributed by atoms with Crippen molar-refractivity contribution < 1.29 is 17.1 Å². The first-order valence-corrected chi connectivity index (χ1v) is 9.15. The molecular weight excluding hydrogens is 436 g/mol. The number of hydrogen-bond acceptors (Lipinski definition) is 6. The molecule has 0 atom stereocenters. The summed E-state index contributed by atoms with van der Waals surface area (Å²) < 4.78 is 0. The van der Waals surface area contributed by atoms with Crippen molar-refractivity contribution in [2.75, 3.05) is 0 Å². The maximum atomic E-state index is 4.13. The molecule has 0 spiro atoms. The second-order valence-corrected chi connectivity index (χ2v) is 6.33. The second-order valence-electron chi connectivity index (χ2n) is 6.33. The fourth-order valence-corrected chi connectivity index (χ4v) is 3.08. The van der Waals surface area contributed by atoms with Crippen LogP contribution in [0.4, 0.5) is 0 Å². The van der Waals surface area contributed by atoms with Gasteiger partial charge in [0.25, 0.3) is 0 Å². The summed E-state index contributed by atoms with van der Waals surface area (Å²) in [5, 5.41) is 35.3. The summed E-state index contributed by atoms with van der Waals surface area (Å²) in [7, 11) is 0. The molecule has 0 aliphatic carbocycles. The van der Waals surface area contributed by atoms with Crippen LogP contribution in [0.2, 0.25) is 0 Å². The zero-order valence-corrected chi connectivity index (χ0v) is 17.1. The van der Waals surface area contributed by atoms with Crippen LogP contribution in [0.1, 0.15) is 0 Å². The summed E-state index contributed by atoms with van der Waals surface area (Å²) in [6, 6.07) is 19.6. The molecule has 0 saturated carbocycles. The van der Waals surface area contributed by atoms with Crippen LogP contribution < -0.4 is 0 Å². The van der Waals surface area contributed by atoms with E-state index in [-0.39, 0.29) is 17.1 Å². The molecule has 6 aromatic rings. The number of aromatic nitrogens is 10. The van der Waals surface area contributed by atoms with Gasteiger partial charge in [-0.2, -0.15) is 44.7 Å². The standard InChI is InChI=1S/2C10H8N5.Fe/c2*1-2-4-7(3-1)9-10(14-15-13-9)8-5-6-11-12-8;/h2*1-6H,(H,11,12)(H,13,14,15);/q2*-1;+2. The van der Waals surface area contributed by atoms with E-state index >= 15 is 0 Å². The smallest absolute Gasteiger partial charge is 0.285 e. The normalized spacial score (nSPS) is 10.3. The molecule has 0 fully saturated rings. The molecule has 10 nitrogen and oxygen atoms in total. The molecule has 0 aliphatic rings. The Labute approximate surface area is 186 Å². The molecule has 0 saturated heterocycles. The van der Waals surface area contributed by atoms with Crippen molar-refractivity contribution in [2.45, 2.75) is 0 Å². The largest absolute Gasteiger partial charge is 2.00 e. The fourth-order valence-electron chi connectivity index (χ4n) is 3.08. The first-order valence-electron chi connectivity index (χ1n) is 9.15. The Hall–Kier alpha value is -4.08. The Bertz CT molecular complexity index is 1080. The molecule has 0 aliphatic heterocycles. The van der Waals surface area contributed by atoms with Gasteiger partial charge in [-0.3, -0.25) is 10.2 Å². The minimum atomic E-state index is 0. The monoisotopic (exact) mass is 452 g/mol. The van der Waals surface area contributed by atoms with E-state index in [1.165, 1.54) is 0 Å². The summed E-state index contributed by atoms with van der Waals surface area (Å²) in [5.74, 6) is 0. The molecule has 0 amide bonds. The number of aromatic amines is 4. The molecule has 0 radical (unpaired) electrons. The van der Waals surface area contributed by atoms with Crippen LogP contribution in [0.15, 0.2) is 73.1 Å². The Balaban J connectivity index is 0.000000144. The molecule has 2 aromatic carbocycles. The SMILES string of the molecule is [Fe+2].c1cc[c-](-c2n[nH]nc2-c2ccn[nH]2)c1.c1cc[c-](-c2n[nH]nc2-c2ccn[nH]2)c1. The molecular formula is C20H16FeN10. The summed E-state index contributed by atoms with van der Waals surface area (Å²) in [6.45, 7) is 0. The van der Waals surface area contributed by atoms with Crippen molar-refractivity contribution in [2.24, 2.45) is 0 Å². The first-order chi connectivity index (χ1) is 14.9. The maximum absolute atomic E-state index is 4.13.